The van der Waals surface area contributed by atoms with Crippen molar-refractivity contribution in [2.75, 3.05) is 12.4 Å². The van der Waals surface area contributed by atoms with Crippen LogP contribution in [0.4, 0.5) is 0 Å². The number of hydrogen-bond donors (Lipinski definition) is 1. The van der Waals surface area contributed by atoms with E-state index in [0.29, 0.717) is 12.4 Å². The monoisotopic (exact) mass is 315 g/mol. The SMILES string of the molecule is CCOc1ccc([C@H](C)NC(=O)CSc2ccccc2)cc1. The number of amides is 1. The molecule has 0 spiro atoms. The summed E-state index contributed by atoms with van der Waals surface area (Å²) in [6.07, 6.45) is 0. The van der Waals surface area contributed by atoms with Crippen LogP contribution in [0.15, 0.2) is 59.5 Å². The molecule has 3 nitrogen and oxygen atoms in total. The van der Waals surface area contributed by atoms with Gasteiger partial charge in [0.2, 0.25) is 5.91 Å². The molecule has 0 fully saturated rings. The third kappa shape index (κ3) is 5.11. The molecule has 0 bridgehead atoms. The molecule has 1 atom stereocenters. The molecule has 4 heteroatoms. The summed E-state index contributed by atoms with van der Waals surface area (Å²) in [6, 6.07) is 17.8. The smallest absolute Gasteiger partial charge is 0.230 e. The maximum atomic E-state index is 12.0. The second-order valence-corrected chi connectivity index (χ2v) is 5.94. The molecule has 2 rings (SSSR count). The second-order valence-electron chi connectivity index (χ2n) is 4.89. The molecule has 0 saturated carbocycles. The van der Waals surface area contributed by atoms with E-state index in [-0.39, 0.29) is 11.9 Å². The summed E-state index contributed by atoms with van der Waals surface area (Å²) in [6.45, 7) is 4.60. The Hall–Kier alpha value is -1.94. The summed E-state index contributed by atoms with van der Waals surface area (Å²) in [5.74, 6) is 1.31. The Morgan fingerprint density at radius 3 is 2.45 bits per heavy atom. The Balaban J connectivity index is 1.82. The van der Waals surface area contributed by atoms with E-state index in [1.165, 1.54) is 0 Å². The van der Waals surface area contributed by atoms with Crippen LogP contribution in [0, 0.1) is 0 Å². The fraction of sp³-hybridized carbons (Fsp3) is 0.278. The molecule has 0 radical (unpaired) electrons. The number of thioether (sulfide) groups is 1. The van der Waals surface area contributed by atoms with Crippen molar-refractivity contribution in [3.05, 3.63) is 60.2 Å². The maximum absolute atomic E-state index is 12.0. The van der Waals surface area contributed by atoms with Crippen molar-refractivity contribution in [1.82, 2.24) is 5.32 Å². The molecule has 116 valence electrons. The molecule has 0 aliphatic heterocycles. The van der Waals surface area contributed by atoms with Gasteiger partial charge in [-0.25, -0.2) is 0 Å². The van der Waals surface area contributed by atoms with Gasteiger partial charge in [-0.1, -0.05) is 30.3 Å². The molecule has 1 amide bonds. The van der Waals surface area contributed by atoms with Gasteiger partial charge in [0.15, 0.2) is 0 Å². The first kappa shape index (κ1) is 16.4. The van der Waals surface area contributed by atoms with Crippen LogP contribution in [0.1, 0.15) is 25.5 Å². The highest BCUT2D eigenvalue weighted by atomic mass is 32.2. The van der Waals surface area contributed by atoms with Gasteiger partial charge in [-0.05, 0) is 43.7 Å². The molecule has 2 aromatic rings. The van der Waals surface area contributed by atoms with E-state index in [0.717, 1.165) is 16.2 Å². The van der Waals surface area contributed by atoms with Gasteiger partial charge >= 0.3 is 0 Å². The van der Waals surface area contributed by atoms with Gasteiger partial charge in [-0.3, -0.25) is 4.79 Å². The summed E-state index contributed by atoms with van der Waals surface area (Å²) in [5, 5.41) is 3.02. The molecule has 0 aliphatic carbocycles. The van der Waals surface area contributed by atoms with Crippen LogP contribution < -0.4 is 10.1 Å². The van der Waals surface area contributed by atoms with Crippen molar-refractivity contribution in [3.63, 3.8) is 0 Å². The van der Waals surface area contributed by atoms with Gasteiger partial charge in [0, 0.05) is 4.90 Å². The largest absolute Gasteiger partial charge is 0.494 e. The Bertz CT molecular complexity index is 584. The topological polar surface area (TPSA) is 38.3 Å². The molecule has 0 heterocycles. The third-order valence-electron chi connectivity index (χ3n) is 3.18. The van der Waals surface area contributed by atoms with E-state index in [2.05, 4.69) is 5.32 Å². The Morgan fingerprint density at radius 1 is 1.14 bits per heavy atom. The van der Waals surface area contributed by atoms with Gasteiger partial charge < -0.3 is 10.1 Å². The van der Waals surface area contributed by atoms with Crippen molar-refractivity contribution >= 4 is 17.7 Å². The molecule has 1 N–H and O–H groups in total. The van der Waals surface area contributed by atoms with Crippen LogP contribution in [0.3, 0.4) is 0 Å². The summed E-state index contributed by atoms with van der Waals surface area (Å²) in [7, 11) is 0. The number of hydrogen-bond acceptors (Lipinski definition) is 3. The van der Waals surface area contributed by atoms with E-state index < -0.39 is 0 Å². The van der Waals surface area contributed by atoms with Crippen molar-refractivity contribution < 1.29 is 9.53 Å². The summed E-state index contributed by atoms with van der Waals surface area (Å²) >= 11 is 1.54. The molecule has 22 heavy (non-hydrogen) atoms. The minimum atomic E-state index is -0.0143. The summed E-state index contributed by atoms with van der Waals surface area (Å²) < 4.78 is 5.42. The Morgan fingerprint density at radius 2 is 1.82 bits per heavy atom. The second kappa shape index (κ2) is 8.49. The minimum Gasteiger partial charge on any atom is -0.494 e. The van der Waals surface area contributed by atoms with E-state index in [1.807, 2.05) is 68.4 Å². The van der Waals surface area contributed by atoms with Crippen LogP contribution in [-0.2, 0) is 4.79 Å². The van der Waals surface area contributed by atoms with Crippen molar-refractivity contribution in [1.29, 1.82) is 0 Å². The van der Waals surface area contributed by atoms with Crippen LogP contribution in [0.25, 0.3) is 0 Å². The van der Waals surface area contributed by atoms with Gasteiger partial charge in [-0.2, -0.15) is 0 Å². The zero-order valence-electron chi connectivity index (χ0n) is 12.9. The number of carbonyl (C=O) groups is 1. The Kier molecular flexibility index (Phi) is 6.34. The molecule has 0 aromatic heterocycles. The van der Waals surface area contributed by atoms with Gasteiger partial charge in [-0.15, -0.1) is 11.8 Å². The fourth-order valence-electron chi connectivity index (χ4n) is 2.05. The molecular formula is C18H21NO2S. The zero-order chi connectivity index (χ0) is 15.8. The number of ether oxygens (including phenoxy) is 1. The lowest BCUT2D eigenvalue weighted by atomic mass is 10.1. The minimum absolute atomic E-state index is 0.0143. The molecular weight excluding hydrogens is 294 g/mol. The quantitative estimate of drug-likeness (QED) is 0.783. The predicted octanol–water partition coefficient (Wildman–Crippen LogP) is 4.05. The predicted molar refractivity (Wildman–Crippen MR) is 91.3 cm³/mol. The van der Waals surface area contributed by atoms with E-state index in [4.69, 9.17) is 4.74 Å². The Labute approximate surface area is 136 Å². The van der Waals surface area contributed by atoms with Crippen molar-refractivity contribution in [3.8, 4) is 5.75 Å². The lowest BCUT2D eigenvalue weighted by Gasteiger charge is -2.15. The number of nitrogens with one attached hydrogen (secondary N) is 1. The normalized spacial score (nSPS) is 11.7. The molecule has 0 aliphatic rings. The first-order valence-electron chi connectivity index (χ1n) is 7.39. The molecule has 0 unspecified atom stereocenters. The van der Waals surface area contributed by atoms with Crippen LogP contribution >= 0.6 is 11.8 Å². The fourth-order valence-corrected chi connectivity index (χ4v) is 2.78. The highest BCUT2D eigenvalue weighted by Gasteiger charge is 2.10. The first-order valence-corrected chi connectivity index (χ1v) is 8.37. The first-order chi connectivity index (χ1) is 10.7. The number of benzene rings is 2. The number of rotatable bonds is 7. The lowest BCUT2D eigenvalue weighted by Crippen LogP contribution is -2.28. The molecule has 2 aromatic carbocycles. The van der Waals surface area contributed by atoms with Gasteiger partial charge in [0.25, 0.3) is 0 Å². The zero-order valence-corrected chi connectivity index (χ0v) is 13.7. The van der Waals surface area contributed by atoms with E-state index in [1.54, 1.807) is 11.8 Å². The number of carbonyl (C=O) groups excluding carboxylic acids is 1. The third-order valence-corrected chi connectivity index (χ3v) is 4.19. The average molecular weight is 315 g/mol. The highest BCUT2D eigenvalue weighted by Crippen LogP contribution is 2.19. The summed E-state index contributed by atoms with van der Waals surface area (Å²) in [4.78, 5) is 13.1. The molecule has 0 saturated heterocycles. The van der Waals surface area contributed by atoms with Crippen LogP contribution in [0.2, 0.25) is 0 Å². The lowest BCUT2D eigenvalue weighted by molar-refractivity contribution is -0.119. The maximum Gasteiger partial charge on any atom is 0.230 e. The average Bonchev–Trinajstić information content (AvgIpc) is 2.55. The van der Waals surface area contributed by atoms with Crippen LogP contribution in [0.5, 0.6) is 5.75 Å². The van der Waals surface area contributed by atoms with Crippen molar-refractivity contribution in [2.45, 2.75) is 24.8 Å². The summed E-state index contributed by atoms with van der Waals surface area (Å²) in [5.41, 5.74) is 1.07. The van der Waals surface area contributed by atoms with Crippen molar-refractivity contribution in [2.24, 2.45) is 0 Å². The highest BCUT2D eigenvalue weighted by molar-refractivity contribution is 8.00. The van der Waals surface area contributed by atoms with Gasteiger partial charge in [0.05, 0.1) is 18.4 Å². The van der Waals surface area contributed by atoms with Crippen LogP contribution in [-0.4, -0.2) is 18.3 Å². The van der Waals surface area contributed by atoms with E-state index >= 15 is 0 Å². The standard InChI is InChI=1S/C18H21NO2S/c1-3-21-16-11-9-15(10-12-16)14(2)19-18(20)13-22-17-7-5-4-6-8-17/h4-12,14H,3,13H2,1-2H3,(H,19,20)/t14-/m0/s1. The van der Waals surface area contributed by atoms with E-state index in [9.17, 15) is 4.79 Å². The van der Waals surface area contributed by atoms with Gasteiger partial charge in [0.1, 0.15) is 5.75 Å².